The number of hydrogen-bond acceptors (Lipinski definition) is 4. The SMILES string of the molecule is Cc1ccc2c(c1)c1ccccc1n2-c1ccc(-c2nc(-c3ccccc3)nc(-c3ccccc3)n2)cc1-c1cnccc1-n1c2ccccc2c2cc(C(F)(F)F)ccc21. The number of fused-ring (bicyclic) bond motifs is 6. The highest BCUT2D eigenvalue weighted by Crippen LogP contribution is 2.43. The average molecular weight is 799 g/mol. The van der Waals surface area contributed by atoms with Crippen LogP contribution in [-0.4, -0.2) is 29.1 Å². The van der Waals surface area contributed by atoms with E-state index in [2.05, 4.69) is 60.0 Å². The zero-order valence-corrected chi connectivity index (χ0v) is 32.6. The highest BCUT2D eigenvalue weighted by atomic mass is 19.4. The fourth-order valence-electron chi connectivity index (χ4n) is 8.57. The first kappa shape index (κ1) is 36.2. The van der Waals surface area contributed by atoms with Crippen LogP contribution < -0.4 is 0 Å². The van der Waals surface area contributed by atoms with Gasteiger partial charge in [-0.1, -0.05) is 109 Å². The minimum atomic E-state index is -4.49. The average Bonchev–Trinajstić information content (AvgIpc) is 3.81. The first-order chi connectivity index (χ1) is 29.8. The topological polar surface area (TPSA) is 61.4 Å². The van der Waals surface area contributed by atoms with E-state index in [9.17, 15) is 13.2 Å². The molecule has 0 bridgehead atoms. The fourth-order valence-corrected chi connectivity index (χ4v) is 8.57. The number of aromatic nitrogens is 6. The van der Waals surface area contributed by atoms with Gasteiger partial charge in [0.15, 0.2) is 17.5 Å². The standard InChI is InChI=1S/C52H33F3N6/c1-32-20-23-45-39(28-32)37-16-8-10-18-43(37)60(45)46-24-21-35(51-58-49(33-12-4-2-5-13-33)57-50(59-51)34-14-6-3-7-15-34)29-40(46)42-31-56-27-26-48(42)61-44-19-11-9-17-38(44)41-30-36(52(53,54)55)22-25-47(41)61/h2-31H,1H3. The van der Waals surface area contributed by atoms with E-state index in [1.54, 1.807) is 12.3 Å². The van der Waals surface area contributed by atoms with Crippen molar-refractivity contribution in [2.45, 2.75) is 13.1 Å². The van der Waals surface area contributed by atoms with Crippen molar-refractivity contribution in [3.8, 4) is 56.7 Å². The van der Waals surface area contributed by atoms with E-state index in [0.717, 1.165) is 78.1 Å². The maximum Gasteiger partial charge on any atom is 0.416 e. The lowest BCUT2D eigenvalue weighted by molar-refractivity contribution is -0.137. The van der Waals surface area contributed by atoms with Crippen LogP contribution in [0.2, 0.25) is 0 Å². The van der Waals surface area contributed by atoms with Gasteiger partial charge in [0.25, 0.3) is 0 Å². The third-order valence-corrected chi connectivity index (χ3v) is 11.4. The molecule has 11 aromatic rings. The molecule has 11 rings (SSSR count). The number of alkyl halides is 3. The van der Waals surface area contributed by atoms with Gasteiger partial charge in [0.2, 0.25) is 0 Å². The van der Waals surface area contributed by atoms with Gasteiger partial charge in [-0.05, 0) is 73.7 Å². The van der Waals surface area contributed by atoms with Crippen molar-refractivity contribution >= 4 is 43.6 Å². The predicted octanol–water partition coefficient (Wildman–Crippen LogP) is 13.5. The molecule has 61 heavy (non-hydrogen) atoms. The number of aryl methyl sites for hydroxylation is 1. The van der Waals surface area contributed by atoms with E-state index >= 15 is 0 Å². The van der Waals surface area contributed by atoms with Crippen LogP contribution in [0.4, 0.5) is 13.2 Å². The number of hydrogen-bond donors (Lipinski definition) is 0. The molecule has 0 atom stereocenters. The normalized spacial score (nSPS) is 11.9. The molecular formula is C52H33F3N6. The molecule has 4 heterocycles. The Morgan fingerprint density at radius 3 is 1.54 bits per heavy atom. The molecule has 0 N–H and O–H groups in total. The van der Waals surface area contributed by atoms with Crippen molar-refractivity contribution < 1.29 is 13.2 Å². The summed E-state index contributed by atoms with van der Waals surface area (Å²) in [6.45, 7) is 2.10. The predicted molar refractivity (Wildman–Crippen MR) is 238 cm³/mol. The third-order valence-electron chi connectivity index (χ3n) is 11.4. The molecule has 0 saturated heterocycles. The van der Waals surface area contributed by atoms with Crippen molar-refractivity contribution in [2.75, 3.05) is 0 Å². The summed E-state index contributed by atoms with van der Waals surface area (Å²) in [6, 6.07) is 54.3. The highest BCUT2D eigenvalue weighted by molar-refractivity contribution is 6.11. The Morgan fingerprint density at radius 1 is 0.426 bits per heavy atom. The molecule has 7 aromatic carbocycles. The van der Waals surface area contributed by atoms with Crippen LogP contribution in [0, 0.1) is 6.92 Å². The summed E-state index contributed by atoms with van der Waals surface area (Å²) < 4.78 is 46.7. The van der Waals surface area contributed by atoms with Crippen molar-refractivity contribution in [3.63, 3.8) is 0 Å². The number of benzene rings is 7. The number of para-hydroxylation sites is 2. The molecule has 9 heteroatoms. The number of halogens is 3. The Balaban J connectivity index is 1.22. The quantitative estimate of drug-likeness (QED) is 0.168. The third kappa shape index (κ3) is 6.12. The fraction of sp³-hybridized carbons (Fsp3) is 0.0385. The van der Waals surface area contributed by atoms with Crippen LogP contribution in [0.1, 0.15) is 11.1 Å². The first-order valence-corrected chi connectivity index (χ1v) is 19.9. The monoisotopic (exact) mass is 798 g/mol. The van der Waals surface area contributed by atoms with Crippen LogP contribution in [-0.2, 0) is 6.18 Å². The Morgan fingerprint density at radius 2 is 0.934 bits per heavy atom. The highest BCUT2D eigenvalue weighted by Gasteiger charge is 2.31. The zero-order valence-electron chi connectivity index (χ0n) is 32.6. The molecule has 6 nitrogen and oxygen atoms in total. The van der Waals surface area contributed by atoms with Crippen LogP contribution >= 0.6 is 0 Å². The molecule has 0 aliphatic rings. The van der Waals surface area contributed by atoms with E-state index in [4.69, 9.17) is 19.9 Å². The van der Waals surface area contributed by atoms with E-state index < -0.39 is 11.7 Å². The van der Waals surface area contributed by atoms with Gasteiger partial charge in [0.1, 0.15) is 0 Å². The summed E-state index contributed by atoms with van der Waals surface area (Å²) in [5, 5.41) is 3.46. The maximum atomic E-state index is 14.1. The summed E-state index contributed by atoms with van der Waals surface area (Å²) in [4.78, 5) is 19.8. The second-order valence-corrected chi connectivity index (χ2v) is 15.1. The number of rotatable bonds is 6. The summed E-state index contributed by atoms with van der Waals surface area (Å²) in [6.07, 6.45) is -0.940. The number of nitrogens with zero attached hydrogens (tertiary/aromatic N) is 6. The molecule has 292 valence electrons. The van der Waals surface area contributed by atoms with Gasteiger partial charge in [0.05, 0.1) is 39.0 Å². The van der Waals surface area contributed by atoms with E-state index in [0.29, 0.717) is 33.8 Å². The number of pyridine rings is 1. The van der Waals surface area contributed by atoms with Gasteiger partial charge in [-0.3, -0.25) is 4.98 Å². The van der Waals surface area contributed by atoms with Gasteiger partial charge < -0.3 is 9.13 Å². The summed E-state index contributed by atoms with van der Waals surface area (Å²) in [7, 11) is 0. The van der Waals surface area contributed by atoms with Gasteiger partial charge in [-0.2, -0.15) is 13.2 Å². The summed E-state index contributed by atoms with van der Waals surface area (Å²) in [5.41, 5.74) is 9.61. The van der Waals surface area contributed by atoms with Crippen molar-refractivity contribution in [1.29, 1.82) is 0 Å². The lowest BCUT2D eigenvalue weighted by Crippen LogP contribution is -2.05. The molecule has 0 radical (unpaired) electrons. The van der Waals surface area contributed by atoms with Gasteiger partial charge >= 0.3 is 6.18 Å². The Kier molecular flexibility index (Phi) is 8.38. The largest absolute Gasteiger partial charge is 0.416 e. The van der Waals surface area contributed by atoms with E-state index in [1.165, 1.54) is 6.07 Å². The Bertz CT molecular complexity index is 3420. The molecule has 0 fully saturated rings. The van der Waals surface area contributed by atoms with E-state index in [1.807, 2.05) is 114 Å². The molecular weight excluding hydrogens is 766 g/mol. The van der Waals surface area contributed by atoms with Crippen molar-refractivity contribution in [2.24, 2.45) is 0 Å². The maximum absolute atomic E-state index is 14.1. The minimum Gasteiger partial charge on any atom is -0.309 e. The molecule has 0 spiro atoms. The smallest absolute Gasteiger partial charge is 0.309 e. The molecule has 4 aromatic heterocycles. The zero-order chi connectivity index (χ0) is 41.2. The van der Waals surface area contributed by atoms with Crippen LogP contribution in [0.3, 0.4) is 0 Å². The molecule has 0 aliphatic heterocycles. The Hall–Kier alpha value is -7.91. The van der Waals surface area contributed by atoms with Crippen LogP contribution in [0.25, 0.3) is 100 Å². The lowest BCUT2D eigenvalue weighted by atomic mass is 9.99. The summed E-state index contributed by atoms with van der Waals surface area (Å²) in [5.74, 6) is 1.57. The van der Waals surface area contributed by atoms with Crippen molar-refractivity contribution in [1.82, 2.24) is 29.1 Å². The minimum absolute atomic E-state index is 0.486. The second kappa shape index (κ2) is 14.1. The van der Waals surface area contributed by atoms with Gasteiger partial charge in [0, 0.05) is 61.8 Å². The first-order valence-electron chi connectivity index (χ1n) is 19.9. The lowest BCUT2D eigenvalue weighted by Gasteiger charge is -2.19. The van der Waals surface area contributed by atoms with Gasteiger partial charge in [-0.25, -0.2) is 15.0 Å². The summed E-state index contributed by atoms with van der Waals surface area (Å²) >= 11 is 0. The van der Waals surface area contributed by atoms with Crippen molar-refractivity contribution in [3.05, 3.63) is 193 Å². The molecule has 0 amide bonds. The van der Waals surface area contributed by atoms with Crippen LogP contribution in [0.5, 0.6) is 0 Å². The van der Waals surface area contributed by atoms with E-state index in [-0.39, 0.29) is 0 Å². The second-order valence-electron chi connectivity index (χ2n) is 15.1. The molecule has 0 aliphatic carbocycles. The Labute approximate surface area is 347 Å². The van der Waals surface area contributed by atoms with Gasteiger partial charge in [-0.15, -0.1) is 0 Å². The molecule has 0 saturated carbocycles. The molecule has 0 unspecified atom stereocenters. The van der Waals surface area contributed by atoms with Crippen LogP contribution in [0.15, 0.2) is 182 Å².